The summed E-state index contributed by atoms with van der Waals surface area (Å²) in [4.78, 5) is 20.7. The molecule has 0 bridgehead atoms. The molecule has 4 rings (SSSR count). The number of hydrogen-bond donors (Lipinski definition) is 3. The van der Waals surface area contributed by atoms with Crippen LogP contribution in [0.1, 0.15) is 35.3 Å². The van der Waals surface area contributed by atoms with Gasteiger partial charge in [0.25, 0.3) is 5.91 Å². The van der Waals surface area contributed by atoms with Crippen molar-refractivity contribution in [1.29, 1.82) is 0 Å². The van der Waals surface area contributed by atoms with E-state index in [1.165, 1.54) is 18.5 Å². The lowest BCUT2D eigenvalue weighted by atomic mass is 10.0. The molecule has 0 radical (unpaired) electrons. The zero-order valence-electron chi connectivity index (χ0n) is 18.8. The van der Waals surface area contributed by atoms with Gasteiger partial charge in [-0.15, -0.1) is 0 Å². The van der Waals surface area contributed by atoms with Crippen molar-refractivity contribution in [3.8, 4) is 17.0 Å². The van der Waals surface area contributed by atoms with Gasteiger partial charge in [-0.05, 0) is 50.6 Å². The first-order chi connectivity index (χ1) is 17.1. The third-order valence-electron chi connectivity index (χ3n) is 5.62. The molecular formula is C24H22F5N5O2. The largest absolute Gasteiger partial charge is 0.488 e. The number of carbonyl (C=O) groups excluding carboxylic acids is 1. The number of anilines is 2. The monoisotopic (exact) mass is 507 g/mol. The number of nitrogens with one attached hydrogen (secondary N) is 2. The predicted octanol–water partition coefficient (Wildman–Crippen LogP) is 4.80. The van der Waals surface area contributed by atoms with E-state index in [1.54, 1.807) is 0 Å². The number of hydrogen-bond acceptors (Lipinski definition) is 6. The molecule has 2 aromatic heterocycles. The molecule has 36 heavy (non-hydrogen) atoms. The minimum Gasteiger partial charge on any atom is -0.488 e. The van der Waals surface area contributed by atoms with Crippen molar-refractivity contribution >= 4 is 17.3 Å². The molecule has 1 unspecified atom stereocenters. The van der Waals surface area contributed by atoms with E-state index >= 15 is 0 Å². The molecule has 12 heteroatoms. The maximum Gasteiger partial charge on any atom is 0.418 e. The smallest absolute Gasteiger partial charge is 0.418 e. The maximum absolute atomic E-state index is 14.4. The van der Waals surface area contributed by atoms with Crippen molar-refractivity contribution < 1.29 is 31.5 Å². The number of nitrogens with zero attached hydrogens (tertiary/aromatic N) is 2. The standard InChI is InChI=1S/C24H22F5N5O2/c25-15-4-1-5-16(26)20(15)21-14(24(27,28)29)11-17(30)22(34-21)23(35)33-18-12-32-10-7-19(18)36-13-3-2-8-31-9-6-13/h1,4-5,7,10-13,31H,2-3,6,8-9,30H2,(H,33,35). The van der Waals surface area contributed by atoms with Gasteiger partial charge in [0, 0.05) is 12.3 Å². The van der Waals surface area contributed by atoms with Gasteiger partial charge in [-0.3, -0.25) is 9.78 Å². The molecular weight excluding hydrogens is 485 g/mol. The minimum atomic E-state index is -5.04. The third-order valence-corrected chi connectivity index (χ3v) is 5.62. The van der Waals surface area contributed by atoms with Gasteiger partial charge in [0.15, 0.2) is 5.69 Å². The Kier molecular flexibility index (Phi) is 7.34. The molecule has 1 aliphatic rings. The molecule has 0 spiro atoms. The Balaban J connectivity index is 1.70. The summed E-state index contributed by atoms with van der Waals surface area (Å²) >= 11 is 0. The number of carbonyl (C=O) groups is 1. The second-order valence-electron chi connectivity index (χ2n) is 8.16. The van der Waals surface area contributed by atoms with Crippen molar-refractivity contribution in [2.75, 3.05) is 24.1 Å². The van der Waals surface area contributed by atoms with E-state index in [4.69, 9.17) is 10.5 Å². The van der Waals surface area contributed by atoms with E-state index in [0.29, 0.717) is 11.8 Å². The summed E-state index contributed by atoms with van der Waals surface area (Å²) in [5, 5.41) is 5.75. The fraction of sp³-hybridized carbons (Fsp3) is 0.292. The zero-order valence-corrected chi connectivity index (χ0v) is 18.8. The molecule has 190 valence electrons. The van der Waals surface area contributed by atoms with Gasteiger partial charge in [-0.2, -0.15) is 13.2 Å². The number of halogens is 5. The first kappa shape index (κ1) is 25.3. The lowest BCUT2D eigenvalue weighted by Crippen LogP contribution is -2.22. The summed E-state index contributed by atoms with van der Waals surface area (Å²) in [6, 6.07) is 4.55. The molecule has 1 amide bonds. The quantitative estimate of drug-likeness (QED) is 0.429. The second-order valence-corrected chi connectivity index (χ2v) is 8.16. The van der Waals surface area contributed by atoms with E-state index in [9.17, 15) is 26.7 Å². The molecule has 1 atom stereocenters. The van der Waals surface area contributed by atoms with E-state index in [0.717, 1.165) is 50.6 Å². The fourth-order valence-corrected chi connectivity index (χ4v) is 3.89. The van der Waals surface area contributed by atoms with Crippen LogP contribution in [0.15, 0.2) is 42.7 Å². The third kappa shape index (κ3) is 5.54. The van der Waals surface area contributed by atoms with E-state index in [-0.39, 0.29) is 11.8 Å². The average Bonchev–Trinajstić information content (AvgIpc) is 3.09. The summed E-state index contributed by atoms with van der Waals surface area (Å²) in [7, 11) is 0. The highest BCUT2D eigenvalue weighted by molar-refractivity contribution is 6.07. The first-order valence-electron chi connectivity index (χ1n) is 11.1. The number of nitrogen functional groups attached to an aromatic ring is 1. The zero-order chi connectivity index (χ0) is 25.9. The molecule has 7 nitrogen and oxygen atoms in total. The molecule has 3 aromatic rings. The van der Waals surface area contributed by atoms with Crippen molar-refractivity contribution in [1.82, 2.24) is 15.3 Å². The van der Waals surface area contributed by atoms with Crippen molar-refractivity contribution in [3.63, 3.8) is 0 Å². The lowest BCUT2D eigenvalue weighted by molar-refractivity contribution is -0.137. The molecule has 0 saturated carbocycles. The highest BCUT2D eigenvalue weighted by Gasteiger charge is 2.37. The van der Waals surface area contributed by atoms with Crippen LogP contribution in [0.5, 0.6) is 5.75 Å². The van der Waals surface area contributed by atoms with Gasteiger partial charge in [-0.1, -0.05) is 6.07 Å². The summed E-state index contributed by atoms with van der Waals surface area (Å²) in [6.07, 6.45) is 0.0255. The summed E-state index contributed by atoms with van der Waals surface area (Å²) in [6.45, 7) is 1.63. The van der Waals surface area contributed by atoms with Gasteiger partial charge in [0.1, 0.15) is 29.2 Å². The number of benzene rings is 1. The van der Waals surface area contributed by atoms with E-state index in [2.05, 4.69) is 20.6 Å². The number of rotatable bonds is 5. The van der Waals surface area contributed by atoms with Gasteiger partial charge in [0.2, 0.25) is 0 Å². The van der Waals surface area contributed by atoms with Gasteiger partial charge in [-0.25, -0.2) is 13.8 Å². The van der Waals surface area contributed by atoms with Gasteiger partial charge >= 0.3 is 6.18 Å². The van der Waals surface area contributed by atoms with Crippen molar-refractivity contribution in [3.05, 3.63) is 65.6 Å². The highest BCUT2D eigenvalue weighted by Crippen LogP contribution is 2.39. The Morgan fingerprint density at radius 2 is 1.89 bits per heavy atom. The van der Waals surface area contributed by atoms with Crippen LogP contribution in [0, 0.1) is 11.6 Å². The van der Waals surface area contributed by atoms with E-state index < -0.39 is 51.9 Å². The summed E-state index contributed by atoms with van der Waals surface area (Å²) in [5.41, 5.74) is 1.01. The number of ether oxygens (including phenoxy) is 1. The van der Waals surface area contributed by atoms with Crippen LogP contribution < -0.4 is 21.1 Å². The van der Waals surface area contributed by atoms with Gasteiger partial charge in [0.05, 0.1) is 28.7 Å². The number of aromatic nitrogens is 2. The molecule has 1 aromatic carbocycles. The number of alkyl halides is 3. The normalized spacial score (nSPS) is 16.3. The summed E-state index contributed by atoms with van der Waals surface area (Å²) in [5.74, 6) is -3.24. The Morgan fingerprint density at radius 3 is 2.61 bits per heavy atom. The van der Waals surface area contributed by atoms with Crippen molar-refractivity contribution in [2.24, 2.45) is 0 Å². The molecule has 1 fully saturated rings. The van der Waals surface area contributed by atoms with Crippen LogP contribution in [0.3, 0.4) is 0 Å². The second kappa shape index (κ2) is 10.4. The average molecular weight is 507 g/mol. The maximum atomic E-state index is 14.4. The minimum absolute atomic E-state index is 0.122. The van der Waals surface area contributed by atoms with Crippen molar-refractivity contribution in [2.45, 2.75) is 31.5 Å². The van der Waals surface area contributed by atoms with Gasteiger partial charge < -0.3 is 21.1 Å². The molecule has 1 saturated heterocycles. The van der Waals surface area contributed by atoms with Crippen LogP contribution in [-0.4, -0.2) is 35.1 Å². The molecule has 1 aliphatic heterocycles. The van der Waals surface area contributed by atoms with Crippen LogP contribution in [0.4, 0.5) is 33.3 Å². The molecule has 3 heterocycles. The fourth-order valence-electron chi connectivity index (χ4n) is 3.89. The Labute approximate surface area is 202 Å². The van der Waals surface area contributed by atoms with Crippen LogP contribution in [-0.2, 0) is 6.18 Å². The molecule has 4 N–H and O–H groups in total. The number of pyridine rings is 2. The van der Waals surface area contributed by atoms with Crippen LogP contribution in [0.2, 0.25) is 0 Å². The Hall–Kier alpha value is -3.80. The summed E-state index contributed by atoms with van der Waals surface area (Å²) < 4.78 is 75.9. The van der Waals surface area contributed by atoms with Crippen LogP contribution >= 0.6 is 0 Å². The molecule has 0 aliphatic carbocycles. The predicted molar refractivity (Wildman–Crippen MR) is 122 cm³/mol. The Morgan fingerprint density at radius 1 is 1.14 bits per heavy atom. The van der Waals surface area contributed by atoms with Crippen LogP contribution in [0.25, 0.3) is 11.3 Å². The Bertz CT molecular complexity index is 1240. The SMILES string of the molecule is Nc1cc(C(F)(F)F)c(-c2c(F)cccc2F)nc1C(=O)Nc1cnccc1OC1CCCNCC1. The van der Waals surface area contributed by atoms with E-state index in [1.807, 2.05) is 0 Å². The number of nitrogens with two attached hydrogens (primary N) is 1. The highest BCUT2D eigenvalue weighted by atomic mass is 19.4. The number of amides is 1. The first-order valence-corrected chi connectivity index (χ1v) is 11.1. The topological polar surface area (TPSA) is 102 Å². The lowest BCUT2D eigenvalue weighted by Gasteiger charge is -2.20.